The normalized spacial score (nSPS) is 11.6. The zero-order chi connectivity index (χ0) is 15.5. The fraction of sp³-hybridized carbons (Fsp3) is 0.375. The second-order valence-corrected chi connectivity index (χ2v) is 6.78. The molecule has 2 N–H and O–H groups in total. The van der Waals surface area contributed by atoms with Gasteiger partial charge in [-0.3, -0.25) is 9.78 Å². The van der Waals surface area contributed by atoms with Crippen LogP contribution in [0.25, 0.3) is 10.9 Å². The van der Waals surface area contributed by atoms with E-state index in [9.17, 15) is 4.79 Å². The Morgan fingerprint density at radius 3 is 2.81 bits per heavy atom. The van der Waals surface area contributed by atoms with Crippen molar-refractivity contribution in [2.75, 3.05) is 11.5 Å². The molecule has 0 aliphatic heterocycles. The number of nitrogens with two attached hydrogens (primary N) is 1. The number of pyridine rings is 1. The lowest BCUT2D eigenvalue weighted by Crippen LogP contribution is -2.24. The Hall–Kier alpha value is -1.75. The molecule has 21 heavy (non-hydrogen) atoms. The Bertz CT molecular complexity index is 650. The number of ether oxygens (including phenoxy) is 1. The smallest absolute Gasteiger partial charge is 0.316 e. The van der Waals surface area contributed by atoms with E-state index in [4.69, 9.17) is 10.5 Å². The molecule has 0 bridgehead atoms. The lowest BCUT2D eigenvalue weighted by molar-refractivity contribution is -0.151. The first-order valence-electron chi connectivity index (χ1n) is 6.78. The summed E-state index contributed by atoms with van der Waals surface area (Å²) in [6, 6.07) is 7.68. The lowest BCUT2D eigenvalue weighted by Gasteiger charge is -2.19. The summed E-state index contributed by atoms with van der Waals surface area (Å²) in [4.78, 5) is 16.1. The van der Waals surface area contributed by atoms with Crippen molar-refractivity contribution in [3.8, 4) is 0 Å². The van der Waals surface area contributed by atoms with Crippen LogP contribution in [0.2, 0.25) is 0 Å². The van der Waals surface area contributed by atoms with Crippen LogP contribution in [-0.2, 0) is 15.3 Å². The minimum Gasteiger partial charge on any atom is -0.459 e. The summed E-state index contributed by atoms with van der Waals surface area (Å²) in [5.41, 5.74) is 8.21. The van der Waals surface area contributed by atoms with Crippen LogP contribution in [0.3, 0.4) is 0 Å². The number of carbonyl (C=O) groups excluding carboxylic acids is 1. The molecule has 0 unspecified atom stereocenters. The minimum absolute atomic E-state index is 0.194. The number of nitrogen functional groups attached to an aromatic ring is 1. The molecule has 0 aliphatic rings. The van der Waals surface area contributed by atoms with Crippen LogP contribution in [0.5, 0.6) is 0 Å². The van der Waals surface area contributed by atoms with Crippen LogP contribution in [0.15, 0.2) is 30.5 Å². The second-order valence-electron chi connectivity index (χ2n) is 5.79. The first-order chi connectivity index (χ1) is 9.87. The van der Waals surface area contributed by atoms with Gasteiger partial charge in [-0.05, 0) is 44.5 Å². The fourth-order valence-corrected chi connectivity index (χ4v) is 2.77. The Balaban J connectivity index is 2.02. The zero-order valence-electron chi connectivity index (χ0n) is 12.6. The lowest BCUT2D eigenvalue weighted by atomic mass is 10.1. The summed E-state index contributed by atoms with van der Waals surface area (Å²) in [6.45, 7) is 5.60. The van der Waals surface area contributed by atoms with Gasteiger partial charge in [0.2, 0.25) is 0 Å². The fourth-order valence-electron chi connectivity index (χ4n) is 1.98. The van der Waals surface area contributed by atoms with Crippen LogP contribution in [0.1, 0.15) is 26.3 Å². The summed E-state index contributed by atoms with van der Waals surface area (Å²) in [7, 11) is 0. The first kappa shape index (κ1) is 15.6. The number of fused-ring (bicyclic) bond motifs is 1. The Morgan fingerprint density at radius 1 is 1.33 bits per heavy atom. The Labute approximate surface area is 129 Å². The van der Waals surface area contributed by atoms with Crippen molar-refractivity contribution in [2.45, 2.75) is 32.1 Å². The molecular weight excluding hydrogens is 284 g/mol. The molecule has 2 aromatic rings. The Morgan fingerprint density at radius 2 is 2.10 bits per heavy atom. The topological polar surface area (TPSA) is 65.2 Å². The van der Waals surface area contributed by atoms with Gasteiger partial charge < -0.3 is 10.5 Å². The molecule has 1 aromatic carbocycles. The van der Waals surface area contributed by atoms with Gasteiger partial charge >= 0.3 is 5.97 Å². The maximum absolute atomic E-state index is 11.7. The average Bonchev–Trinajstić information content (AvgIpc) is 2.40. The number of nitrogens with zero attached hydrogens (tertiary/aromatic N) is 1. The molecule has 112 valence electrons. The van der Waals surface area contributed by atoms with E-state index in [1.807, 2.05) is 45.0 Å². The molecule has 4 nitrogen and oxygen atoms in total. The van der Waals surface area contributed by atoms with Gasteiger partial charge in [0.15, 0.2) is 0 Å². The highest BCUT2D eigenvalue weighted by Gasteiger charge is 2.16. The molecule has 2 rings (SSSR count). The second kappa shape index (κ2) is 6.35. The summed E-state index contributed by atoms with van der Waals surface area (Å²) < 4.78 is 5.29. The van der Waals surface area contributed by atoms with Gasteiger partial charge in [-0.15, -0.1) is 11.8 Å². The van der Waals surface area contributed by atoms with Crippen LogP contribution in [0.4, 0.5) is 5.69 Å². The number of hydrogen-bond acceptors (Lipinski definition) is 5. The highest BCUT2D eigenvalue weighted by molar-refractivity contribution is 7.99. The van der Waals surface area contributed by atoms with Crippen molar-refractivity contribution < 1.29 is 9.53 Å². The third kappa shape index (κ3) is 4.36. The average molecular weight is 304 g/mol. The van der Waals surface area contributed by atoms with E-state index in [-0.39, 0.29) is 5.97 Å². The molecule has 0 amide bonds. The molecule has 1 aromatic heterocycles. The van der Waals surface area contributed by atoms with E-state index >= 15 is 0 Å². The van der Waals surface area contributed by atoms with Crippen molar-refractivity contribution in [2.24, 2.45) is 0 Å². The monoisotopic (exact) mass is 304 g/mol. The van der Waals surface area contributed by atoms with Crippen LogP contribution in [0, 0.1) is 0 Å². The van der Waals surface area contributed by atoms with Gasteiger partial charge in [0, 0.05) is 23.0 Å². The van der Waals surface area contributed by atoms with Crippen molar-refractivity contribution in [1.29, 1.82) is 0 Å². The maximum Gasteiger partial charge on any atom is 0.316 e. The van der Waals surface area contributed by atoms with E-state index in [1.165, 1.54) is 11.8 Å². The molecule has 0 aliphatic carbocycles. The zero-order valence-corrected chi connectivity index (χ0v) is 13.4. The number of esters is 1. The summed E-state index contributed by atoms with van der Waals surface area (Å²) in [5, 5.41) is 0.952. The van der Waals surface area contributed by atoms with Crippen molar-refractivity contribution in [1.82, 2.24) is 4.98 Å². The SMILES string of the molecule is CC(C)(C)OC(=O)CSCc1ccc(N)c2cccnc12. The minimum atomic E-state index is -0.437. The van der Waals surface area contributed by atoms with Gasteiger partial charge in [0.05, 0.1) is 11.3 Å². The van der Waals surface area contributed by atoms with Gasteiger partial charge in [0.25, 0.3) is 0 Å². The predicted octanol–water partition coefficient (Wildman–Crippen LogP) is 3.39. The van der Waals surface area contributed by atoms with E-state index in [0.29, 0.717) is 11.5 Å². The van der Waals surface area contributed by atoms with E-state index in [0.717, 1.165) is 22.2 Å². The van der Waals surface area contributed by atoms with Crippen LogP contribution in [-0.4, -0.2) is 22.3 Å². The van der Waals surface area contributed by atoms with Crippen molar-refractivity contribution >= 4 is 34.3 Å². The number of thioether (sulfide) groups is 1. The molecule has 5 heteroatoms. The van der Waals surface area contributed by atoms with Crippen LogP contribution < -0.4 is 5.73 Å². The van der Waals surface area contributed by atoms with Gasteiger partial charge in [-0.2, -0.15) is 0 Å². The number of aromatic nitrogens is 1. The predicted molar refractivity (Wildman–Crippen MR) is 88.2 cm³/mol. The van der Waals surface area contributed by atoms with E-state index < -0.39 is 5.60 Å². The molecule has 0 spiro atoms. The van der Waals surface area contributed by atoms with Gasteiger partial charge in [-0.25, -0.2) is 0 Å². The van der Waals surface area contributed by atoms with Gasteiger partial charge in [-0.1, -0.05) is 6.07 Å². The number of anilines is 1. The number of rotatable bonds is 4. The van der Waals surface area contributed by atoms with Crippen LogP contribution >= 0.6 is 11.8 Å². The number of hydrogen-bond donors (Lipinski definition) is 1. The summed E-state index contributed by atoms with van der Waals surface area (Å²) >= 11 is 1.52. The molecule has 0 saturated carbocycles. The largest absolute Gasteiger partial charge is 0.459 e. The molecule has 1 heterocycles. The first-order valence-corrected chi connectivity index (χ1v) is 7.94. The number of benzene rings is 1. The number of carbonyl (C=O) groups is 1. The maximum atomic E-state index is 11.7. The molecule has 0 fully saturated rings. The quantitative estimate of drug-likeness (QED) is 0.693. The summed E-state index contributed by atoms with van der Waals surface area (Å²) in [6.07, 6.45) is 1.75. The highest BCUT2D eigenvalue weighted by atomic mass is 32.2. The standard InChI is InChI=1S/C16H20N2O2S/c1-16(2,3)20-14(19)10-21-9-11-6-7-13(17)12-5-4-8-18-15(11)12/h4-8H,9-10,17H2,1-3H3. The van der Waals surface area contributed by atoms with Crippen molar-refractivity contribution in [3.63, 3.8) is 0 Å². The summed E-state index contributed by atoms with van der Waals surface area (Å²) in [5.74, 6) is 0.837. The van der Waals surface area contributed by atoms with E-state index in [1.54, 1.807) is 6.20 Å². The molecular formula is C16H20N2O2S. The van der Waals surface area contributed by atoms with E-state index in [2.05, 4.69) is 4.98 Å². The highest BCUT2D eigenvalue weighted by Crippen LogP contribution is 2.25. The molecule has 0 atom stereocenters. The molecule has 0 saturated heterocycles. The van der Waals surface area contributed by atoms with Crippen molar-refractivity contribution in [3.05, 3.63) is 36.0 Å². The third-order valence-electron chi connectivity index (χ3n) is 2.78. The third-order valence-corrected chi connectivity index (χ3v) is 3.74. The van der Waals surface area contributed by atoms with Gasteiger partial charge in [0.1, 0.15) is 5.60 Å². The Kier molecular flexibility index (Phi) is 4.73. The molecule has 0 radical (unpaired) electrons.